The van der Waals surface area contributed by atoms with Crippen molar-refractivity contribution in [1.29, 1.82) is 0 Å². The van der Waals surface area contributed by atoms with Crippen LogP contribution in [0.1, 0.15) is 13.0 Å². The van der Waals surface area contributed by atoms with Gasteiger partial charge in [-0.25, -0.2) is 9.67 Å². The number of rotatable bonds is 7. The van der Waals surface area contributed by atoms with Crippen LogP contribution in [0.4, 0.5) is 5.82 Å². The van der Waals surface area contributed by atoms with E-state index in [0.717, 1.165) is 0 Å². The highest BCUT2D eigenvalue weighted by Crippen LogP contribution is 2.42. The molecule has 0 radical (unpaired) electrons. The summed E-state index contributed by atoms with van der Waals surface area (Å²) >= 11 is 11.9. The van der Waals surface area contributed by atoms with Gasteiger partial charge in [0.25, 0.3) is 5.82 Å². The number of thioether (sulfide) groups is 1. The van der Waals surface area contributed by atoms with Crippen molar-refractivity contribution in [2.75, 3.05) is 13.2 Å². The lowest BCUT2D eigenvalue weighted by Crippen LogP contribution is -2.55. The highest BCUT2D eigenvalue weighted by atomic mass is 79.9. The van der Waals surface area contributed by atoms with Gasteiger partial charge in [-0.15, -0.1) is 33.2 Å². The number of hydrogen-bond donors (Lipinski definition) is 2. The van der Waals surface area contributed by atoms with Gasteiger partial charge in [0, 0.05) is 16.9 Å². The minimum atomic E-state index is -1.13. The smallest absolute Gasteiger partial charge is 0.283 e. The molecule has 10 nitrogen and oxygen atoms in total. The zero-order valence-electron chi connectivity index (χ0n) is 17.1. The third kappa shape index (κ3) is 5.23. The molecule has 0 bridgehead atoms. The monoisotopic (exact) mass is 572 g/mol. The molecule has 3 aromatic heterocycles. The zero-order chi connectivity index (χ0) is 23.5. The Bertz CT molecular complexity index is 1160. The van der Waals surface area contributed by atoms with Crippen LogP contribution in [0, 0.1) is 6.57 Å². The van der Waals surface area contributed by atoms with Crippen molar-refractivity contribution in [3.05, 3.63) is 44.9 Å². The van der Waals surface area contributed by atoms with Crippen LogP contribution in [0.5, 0.6) is 0 Å². The van der Waals surface area contributed by atoms with Crippen molar-refractivity contribution in [2.45, 2.75) is 41.6 Å². The van der Waals surface area contributed by atoms with Gasteiger partial charge in [0.15, 0.2) is 0 Å². The van der Waals surface area contributed by atoms with Gasteiger partial charge in [0.1, 0.15) is 51.8 Å². The first-order chi connectivity index (χ1) is 15.9. The van der Waals surface area contributed by atoms with Crippen molar-refractivity contribution < 1.29 is 19.7 Å². The molecular weight excluding hydrogens is 556 g/mol. The van der Waals surface area contributed by atoms with Crippen LogP contribution >= 0.6 is 50.6 Å². The molecule has 3 aromatic rings. The van der Waals surface area contributed by atoms with Crippen LogP contribution in [-0.2, 0) is 9.47 Å². The maximum absolute atomic E-state index is 11.0. The number of aromatic nitrogens is 5. The van der Waals surface area contributed by atoms with Crippen molar-refractivity contribution in [2.24, 2.45) is 0 Å². The summed E-state index contributed by atoms with van der Waals surface area (Å²) < 4.78 is 14.2. The second kappa shape index (κ2) is 10.7. The second-order valence-electron chi connectivity index (χ2n) is 6.89. The van der Waals surface area contributed by atoms with Crippen LogP contribution < -0.4 is 0 Å². The fraction of sp³-hybridized carbons (Fsp3) is 0.421. The third-order valence-electron chi connectivity index (χ3n) is 4.84. The average molecular weight is 574 g/mol. The summed E-state index contributed by atoms with van der Waals surface area (Å²) in [5.74, 6) is 0.217. The molecule has 14 heteroatoms. The Hall–Kier alpha value is -1.63. The summed E-state index contributed by atoms with van der Waals surface area (Å²) in [6.07, 6.45) is 0.498. The minimum absolute atomic E-state index is 0.217. The molecule has 0 spiro atoms. The number of aliphatic hydroxyl groups excluding tert-OH is 2. The van der Waals surface area contributed by atoms with Crippen LogP contribution in [0.15, 0.2) is 33.2 Å². The molecule has 2 N–H and O–H groups in total. The number of hydrogen-bond acceptors (Lipinski definition) is 10. The van der Waals surface area contributed by atoms with E-state index < -0.39 is 36.4 Å². The highest BCUT2D eigenvalue weighted by molar-refractivity contribution is 9.10. The molecule has 5 atom stereocenters. The highest BCUT2D eigenvalue weighted by Gasteiger charge is 2.48. The molecule has 1 saturated heterocycles. The first-order valence-corrected chi connectivity index (χ1v) is 12.7. The summed E-state index contributed by atoms with van der Waals surface area (Å²) in [6, 6.07) is 1.05. The number of ether oxygens (including phenoxy) is 2. The summed E-state index contributed by atoms with van der Waals surface area (Å²) in [7, 11) is 0. The molecule has 174 valence electrons. The lowest BCUT2D eigenvalue weighted by molar-refractivity contribution is -0.191. The van der Waals surface area contributed by atoms with Crippen molar-refractivity contribution >= 4 is 56.4 Å². The number of thiazole rings is 1. The summed E-state index contributed by atoms with van der Waals surface area (Å²) in [5.41, 5.74) is -0.175. The number of aliphatic hydroxyl groups is 2. The number of halogens is 2. The molecule has 0 aliphatic carbocycles. The Balaban J connectivity index is 1.70. The first kappa shape index (κ1) is 24.5. The molecule has 0 aromatic carbocycles. The molecule has 2 unspecified atom stereocenters. The number of nitrogens with zero attached hydrogens (tertiary/aromatic N) is 6. The molecule has 1 aliphatic rings. The predicted octanol–water partition coefficient (Wildman–Crippen LogP) is 3.58. The van der Waals surface area contributed by atoms with E-state index in [-0.39, 0.29) is 5.82 Å². The Morgan fingerprint density at radius 3 is 2.97 bits per heavy atom. The Labute approximate surface area is 210 Å². The van der Waals surface area contributed by atoms with E-state index in [1.807, 2.05) is 6.92 Å². The fourth-order valence-electron chi connectivity index (χ4n) is 3.43. The minimum Gasteiger partial charge on any atom is -0.394 e. The molecule has 4 heterocycles. The van der Waals surface area contributed by atoms with Crippen molar-refractivity contribution in [3.8, 4) is 10.7 Å². The topological polar surface area (TPSA) is 120 Å². The number of pyridine rings is 1. The maximum Gasteiger partial charge on any atom is 0.283 e. The van der Waals surface area contributed by atoms with E-state index in [1.54, 1.807) is 23.8 Å². The second-order valence-corrected chi connectivity index (χ2v) is 10.2. The molecule has 0 saturated carbocycles. The van der Waals surface area contributed by atoms with Crippen LogP contribution in [0.25, 0.3) is 15.5 Å². The lowest BCUT2D eigenvalue weighted by atomic mass is 9.97. The normalized spacial score (nSPS) is 25.2. The van der Waals surface area contributed by atoms with Gasteiger partial charge >= 0.3 is 0 Å². The van der Waals surface area contributed by atoms with Crippen LogP contribution in [0.2, 0.25) is 5.15 Å². The fourth-order valence-corrected chi connectivity index (χ4v) is 6.03. The Morgan fingerprint density at radius 2 is 2.30 bits per heavy atom. The first-order valence-electron chi connectivity index (χ1n) is 9.74. The van der Waals surface area contributed by atoms with Gasteiger partial charge < -0.3 is 24.5 Å². The van der Waals surface area contributed by atoms with E-state index in [9.17, 15) is 10.2 Å². The molecular formula is C19H18BrClN6O4S2. The maximum atomic E-state index is 11.0. The Morgan fingerprint density at radius 1 is 1.48 bits per heavy atom. The molecule has 1 fully saturated rings. The quantitative estimate of drug-likeness (QED) is 0.409. The molecule has 4 rings (SSSR count). The van der Waals surface area contributed by atoms with Gasteiger partial charge in [0.2, 0.25) is 0 Å². The summed E-state index contributed by atoms with van der Waals surface area (Å²) in [4.78, 5) is 12.4. The van der Waals surface area contributed by atoms with Crippen LogP contribution in [-0.4, -0.2) is 72.1 Å². The van der Waals surface area contributed by atoms with E-state index in [0.29, 0.717) is 31.8 Å². The SMILES string of the molecule is [C-]#[N+]c1ncc(Br)cc1S[C@H]1OC(CO)[C@H](O)[C@H](n2cc(-c3nc(Cl)cs3)nn2)C1OCC. The largest absolute Gasteiger partial charge is 0.394 e. The molecule has 0 amide bonds. The average Bonchev–Trinajstić information content (AvgIpc) is 3.45. The molecule has 1 aliphatic heterocycles. The van der Waals surface area contributed by atoms with Gasteiger partial charge in [-0.05, 0) is 28.9 Å². The zero-order valence-corrected chi connectivity index (χ0v) is 21.1. The van der Waals surface area contributed by atoms with E-state index in [2.05, 4.69) is 41.1 Å². The lowest BCUT2D eigenvalue weighted by Gasteiger charge is -2.43. The van der Waals surface area contributed by atoms with Gasteiger partial charge in [0.05, 0.1) is 17.3 Å². The summed E-state index contributed by atoms with van der Waals surface area (Å²) in [6.45, 7) is 9.18. The molecule has 33 heavy (non-hydrogen) atoms. The third-order valence-corrected chi connectivity index (χ3v) is 7.63. The summed E-state index contributed by atoms with van der Waals surface area (Å²) in [5, 5.41) is 31.9. The Kier molecular flexibility index (Phi) is 7.98. The van der Waals surface area contributed by atoms with E-state index >= 15 is 0 Å². The van der Waals surface area contributed by atoms with Crippen molar-refractivity contribution in [3.63, 3.8) is 0 Å². The van der Waals surface area contributed by atoms with Crippen LogP contribution in [0.3, 0.4) is 0 Å². The van der Waals surface area contributed by atoms with Crippen molar-refractivity contribution in [1.82, 2.24) is 25.0 Å². The van der Waals surface area contributed by atoms with Gasteiger partial charge in [-0.1, -0.05) is 23.4 Å². The van der Waals surface area contributed by atoms with E-state index in [4.69, 9.17) is 27.6 Å². The van der Waals surface area contributed by atoms with Gasteiger partial charge in [-0.3, -0.25) is 0 Å². The predicted molar refractivity (Wildman–Crippen MR) is 126 cm³/mol. The standard InChI is InChI=1S/C19H18BrClN6O4S2/c1-3-30-16-14(27-6-10(25-26-27)18-24-13(21)8-32-18)15(29)11(7-28)31-19(16)33-12-4-9(20)5-23-17(12)22-2/h4-6,8,11,14-16,19,28-29H,3,7H2,1H3/t11?,14-,15-,16?,19+/m0/s1. The van der Waals surface area contributed by atoms with Gasteiger partial charge in [-0.2, -0.15) is 0 Å². The van der Waals surface area contributed by atoms with E-state index in [1.165, 1.54) is 27.8 Å².